The van der Waals surface area contributed by atoms with Crippen LogP contribution in [0.15, 0.2) is 18.2 Å². The fourth-order valence-corrected chi connectivity index (χ4v) is 2.80. The zero-order chi connectivity index (χ0) is 17.9. The van der Waals surface area contributed by atoms with Crippen molar-refractivity contribution in [2.24, 2.45) is 0 Å². The molecule has 0 aliphatic rings. The number of methoxy groups -OCH3 is 1. The van der Waals surface area contributed by atoms with E-state index in [2.05, 4.69) is 10.3 Å². The van der Waals surface area contributed by atoms with Crippen LogP contribution in [0.25, 0.3) is 0 Å². The molecule has 0 atom stereocenters. The maximum absolute atomic E-state index is 12.8. The predicted octanol–water partition coefficient (Wildman–Crippen LogP) is 3.93. The molecule has 2 rings (SSSR count). The van der Waals surface area contributed by atoms with E-state index in [1.807, 2.05) is 39.0 Å². The number of hydrogen-bond acceptors (Lipinski definition) is 3. The highest BCUT2D eigenvalue weighted by molar-refractivity contribution is 6.07. The van der Waals surface area contributed by atoms with Gasteiger partial charge in [0.05, 0.1) is 12.7 Å². The smallest absolute Gasteiger partial charge is 0.339 e. The highest BCUT2D eigenvalue weighted by Gasteiger charge is 2.24. The van der Waals surface area contributed by atoms with Gasteiger partial charge in [-0.15, -0.1) is 0 Å². The topological polar surface area (TPSA) is 71.2 Å². The summed E-state index contributed by atoms with van der Waals surface area (Å²) in [6, 6.07) is 5.91. The van der Waals surface area contributed by atoms with Gasteiger partial charge in [-0.25, -0.2) is 4.79 Å². The normalized spacial score (nSPS) is 10.5. The summed E-state index contributed by atoms with van der Waals surface area (Å²) in [4.78, 5) is 27.9. The van der Waals surface area contributed by atoms with Gasteiger partial charge < -0.3 is 15.0 Å². The number of amides is 1. The molecular weight excluding hydrogens is 304 g/mol. The number of anilines is 1. The minimum absolute atomic E-state index is 0.245. The van der Waals surface area contributed by atoms with Crippen LogP contribution in [0, 0.1) is 20.8 Å². The van der Waals surface area contributed by atoms with Crippen molar-refractivity contribution in [1.82, 2.24) is 4.98 Å². The van der Waals surface area contributed by atoms with Gasteiger partial charge in [0.25, 0.3) is 5.91 Å². The van der Waals surface area contributed by atoms with Crippen molar-refractivity contribution in [3.05, 3.63) is 51.8 Å². The molecule has 0 radical (unpaired) electrons. The van der Waals surface area contributed by atoms with Crippen molar-refractivity contribution in [1.29, 1.82) is 0 Å². The zero-order valence-corrected chi connectivity index (χ0v) is 14.9. The quantitative estimate of drug-likeness (QED) is 0.817. The first kappa shape index (κ1) is 17.8. The number of aromatic nitrogens is 1. The Morgan fingerprint density at radius 2 is 1.92 bits per heavy atom. The molecular formula is C19H24N2O3. The number of benzene rings is 1. The third-order valence-corrected chi connectivity index (χ3v) is 4.05. The van der Waals surface area contributed by atoms with E-state index in [4.69, 9.17) is 4.74 Å². The first-order valence-corrected chi connectivity index (χ1v) is 8.07. The third-order valence-electron chi connectivity index (χ3n) is 4.05. The van der Waals surface area contributed by atoms with Gasteiger partial charge in [-0.1, -0.05) is 25.5 Å². The lowest BCUT2D eigenvalue weighted by molar-refractivity contribution is 0.0599. The highest BCUT2D eigenvalue weighted by atomic mass is 16.5. The van der Waals surface area contributed by atoms with Crippen LogP contribution < -0.4 is 5.32 Å². The Kier molecular flexibility index (Phi) is 5.44. The lowest BCUT2D eigenvalue weighted by Crippen LogP contribution is -2.16. The Balaban J connectivity index is 2.42. The van der Waals surface area contributed by atoms with E-state index in [1.54, 1.807) is 6.92 Å². The van der Waals surface area contributed by atoms with E-state index < -0.39 is 5.97 Å². The van der Waals surface area contributed by atoms with Crippen LogP contribution in [-0.4, -0.2) is 24.0 Å². The molecule has 0 saturated carbocycles. The van der Waals surface area contributed by atoms with Gasteiger partial charge in [0.15, 0.2) is 0 Å². The fourth-order valence-electron chi connectivity index (χ4n) is 2.80. The Morgan fingerprint density at radius 3 is 2.54 bits per heavy atom. The molecule has 0 aliphatic carbocycles. The molecule has 0 fully saturated rings. The second-order valence-corrected chi connectivity index (χ2v) is 5.99. The zero-order valence-electron chi connectivity index (χ0n) is 14.9. The van der Waals surface area contributed by atoms with Gasteiger partial charge >= 0.3 is 5.97 Å². The highest BCUT2D eigenvalue weighted by Crippen LogP contribution is 2.24. The number of carbonyl (C=O) groups is 2. The summed E-state index contributed by atoms with van der Waals surface area (Å²) in [5, 5.41) is 2.94. The lowest BCUT2D eigenvalue weighted by atomic mass is 10.0. The minimum Gasteiger partial charge on any atom is -0.465 e. The van der Waals surface area contributed by atoms with Crippen molar-refractivity contribution in [3.63, 3.8) is 0 Å². The first-order valence-electron chi connectivity index (χ1n) is 8.07. The number of hydrogen-bond donors (Lipinski definition) is 2. The number of ether oxygens (including phenoxy) is 1. The standard InChI is InChI=1S/C19H24N2O3/c1-6-7-14-16(19(23)24-5)13(4)20-17(14)18(22)21-15-10-11(2)8-9-12(15)3/h8-10,20H,6-7H2,1-5H3,(H,21,22). The average molecular weight is 328 g/mol. The monoisotopic (exact) mass is 328 g/mol. The summed E-state index contributed by atoms with van der Waals surface area (Å²) in [6.07, 6.45) is 1.45. The maximum Gasteiger partial charge on any atom is 0.339 e. The SMILES string of the molecule is CCCc1c(C(=O)Nc2cc(C)ccc2C)[nH]c(C)c1C(=O)OC. The van der Waals surface area contributed by atoms with Gasteiger partial charge in [-0.05, 0) is 49.9 Å². The van der Waals surface area contributed by atoms with Crippen LogP contribution in [0.3, 0.4) is 0 Å². The van der Waals surface area contributed by atoms with E-state index >= 15 is 0 Å². The molecule has 0 bridgehead atoms. The number of carbonyl (C=O) groups excluding carboxylic acids is 2. The number of esters is 1. The molecule has 1 aromatic heterocycles. The predicted molar refractivity (Wildman–Crippen MR) is 94.7 cm³/mol. The summed E-state index contributed by atoms with van der Waals surface area (Å²) in [5.41, 5.74) is 5.08. The van der Waals surface area contributed by atoms with Crippen LogP contribution >= 0.6 is 0 Å². The van der Waals surface area contributed by atoms with Crippen LogP contribution in [0.5, 0.6) is 0 Å². The van der Waals surface area contributed by atoms with Gasteiger partial charge in [0.1, 0.15) is 5.69 Å². The number of aryl methyl sites for hydroxylation is 3. The van der Waals surface area contributed by atoms with Crippen LogP contribution in [-0.2, 0) is 11.2 Å². The summed E-state index contributed by atoms with van der Waals surface area (Å²) < 4.78 is 4.86. The van der Waals surface area contributed by atoms with E-state index in [0.717, 1.165) is 23.2 Å². The summed E-state index contributed by atoms with van der Waals surface area (Å²) in [5.74, 6) is -0.664. The second-order valence-electron chi connectivity index (χ2n) is 5.99. The Bertz CT molecular complexity index is 775. The van der Waals surface area contributed by atoms with Crippen LogP contribution in [0.4, 0.5) is 5.69 Å². The van der Waals surface area contributed by atoms with Crippen molar-refractivity contribution < 1.29 is 14.3 Å². The fraction of sp³-hybridized carbons (Fsp3) is 0.368. The van der Waals surface area contributed by atoms with Crippen LogP contribution in [0.2, 0.25) is 0 Å². The largest absolute Gasteiger partial charge is 0.465 e. The van der Waals surface area contributed by atoms with Gasteiger partial charge in [-0.2, -0.15) is 0 Å². The number of rotatable bonds is 5. The molecule has 5 heteroatoms. The molecule has 1 heterocycles. The van der Waals surface area contributed by atoms with Crippen molar-refractivity contribution in [2.45, 2.75) is 40.5 Å². The molecule has 2 aromatic rings. The Hall–Kier alpha value is -2.56. The molecule has 2 N–H and O–H groups in total. The number of H-pyrrole nitrogens is 1. The summed E-state index contributed by atoms with van der Waals surface area (Å²) in [7, 11) is 1.35. The van der Waals surface area contributed by atoms with E-state index in [9.17, 15) is 9.59 Å². The van der Waals surface area contributed by atoms with E-state index in [-0.39, 0.29) is 5.91 Å². The van der Waals surface area contributed by atoms with Gasteiger partial charge in [0, 0.05) is 11.4 Å². The van der Waals surface area contributed by atoms with Gasteiger partial charge in [0.2, 0.25) is 0 Å². The molecule has 0 aliphatic heterocycles. The average Bonchev–Trinajstić information content (AvgIpc) is 2.87. The summed E-state index contributed by atoms with van der Waals surface area (Å²) >= 11 is 0. The van der Waals surface area contributed by atoms with Crippen LogP contribution in [0.1, 0.15) is 56.6 Å². The van der Waals surface area contributed by atoms with Crippen molar-refractivity contribution in [2.75, 3.05) is 12.4 Å². The molecule has 1 amide bonds. The Morgan fingerprint density at radius 1 is 1.21 bits per heavy atom. The van der Waals surface area contributed by atoms with Gasteiger partial charge in [-0.3, -0.25) is 4.79 Å². The molecule has 5 nitrogen and oxygen atoms in total. The molecule has 128 valence electrons. The first-order chi connectivity index (χ1) is 11.4. The van der Waals surface area contributed by atoms with Crippen molar-refractivity contribution in [3.8, 4) is 0 Å². The number of aromatic amines is 1. The Labute approximate surface area is 142 Å². The minimum atomic E-state index is -0.419. The lowest BCUT2D eigenvalue weighted by Gasteiger charge is -2.10. The molecule has 1 aromatic carbocycles. The number of nitrogens with one attached hydrogen (secondary N) is 2. The summed E-state index contributed by atoms with van der Waals surface area (Å²) in [6.45, 7) is 7.71. The van der Waals surface area contributed by atoms with Crippen molar-refractivity contribution >= 4 is 17.6 Å². The molecule has 24 heavy (non-hydrogen) atoms. The molecule has 0 spiro atoms. The molecule has 0 unspecified atom stereocenters. The maximum atomic E-state index is 12.8. The third kappa shape index (κ3) is 3.50. The second kappa shape index (κ2) is 7.34. The molecule has 0 saturated heterocycles. The van der Waals surface area contributed by atoms with E-state index in [1.165, 1.54) is 7.11 Å². The van der Waals surface area contributed by atoms with E-state index in [0.29, 0.717) is 28.9 Å².